The van der Waals surface area contributed by atoms with Crippen molar-refractivity contribution in [1.29, 1.82) is 0 Å². The predicted octanol–water partition coefficient (Wildman–Crippen LogP) is 2.44. The van der Waals surface area contributed by atoms with Crippen LogP contribution in [0.4, 0.5) is 5.69 Å². The van der Waals surface area contributed by atoms with Crippen molar-refractivity contribution in [2.24, 2.45) is 17.3 Å². The average Bonchev–Trinajstić information content (AvgIpc) is 2.72. The van der Waals surface area contributed by atoms with Crippen LogP contribution in [0.1, 0.15) is 13.8 Å². The zero-order valence-corrected chi connectivity index (χ0v) is 11.8. The normalized spacial score (nSPS) is 29.5. The van der Waals surface area contributed by atoms with Crippen molar-refractivity contribution in [3.05, 3.63) is 27.8 Å². The third-order valence-corrected chi connectivity index (χ3v) is 4.60. The van der Waals surface area contributed by atoms with Crippen molar-refractivity contribution < 1.29 is 9.59 Å². The molecule has 4 heteroatoms. The highest BCUT2D eigenvalue weighted by atomic mass is 127. The molecule has 0 spiro atoms. The largest absolute Gasteiger partial charge is 0.274 e. The van der Waals surface area contributed by atoms with E-state index in [-0.39, 0.29) is 29.1 Å². The zero-order chi connectivity index (χ0) is 12.4. The highest BCUT2D eigenvalue weighted by Crippen LogP contribution is 2.63. The maximum Gasteiger partial charge on any atom is 0.238 e. The lowest BCUT2D eigenvalue weighted by atomic mass is 10.1. The summed E-state index contributed by atoms with van der Waals surface area (Å²) >= 11 is 2.20. The maximum atomic E-state index is 12.2. The number of hydrogen-bond acceptors (Lipinski definition) is 2. The number of amides is 2. The first kappa shape index (κ1) is 11.2. The van der Waals surface area contributed by atoms with Crippen molar-refractivity contribution in [3.63, 3.8) is 0 Å². The summed E-state index contributed by atoms with van der Waals surface area (Å²) in [5.74, 6) is -0.277. The third-order valence-electron chi connectivity index (χ3n) is 3.89. The lowest BCUT2D eigenvalue weighted by molar-refractivity contribution is -0.125. The molecular formula is C13H12INO2. The first-order chi connectivity index (χ1) is 7.94. The molecule has 1 aromatic carbocycles. The molecule has 0 N–H and O–H groups in total. The summed E-state index contributed by atoms with van der Waals surface area (Å²) in [6.45, 7) is 3.98. The quantitative estimate of drug-likeness (QED) is 0.581. The van der Waals surface area contributed by atoms with Gasteiger partial charge in [0.05, 0.1) is 17.5 Å². The molecule has 1 saturated heterocycles. The lowest BCUT2D eigenvalue weighted by Crippen LogP contribution is -2.36. The summed E-state index contributed by atoms with van der Waals surface area (Å²) in [4.78, 5) is 25.7. The molecule has 2 atom stereocenters. The third kappa shape index (κ3) is 1.39. The van der Waals surface area contributed by atoms with Crippen LogP contribution in [-0.4, -0.2) is 11.8 Å². The number of benzene rings is 1. The summed E-state index contributed by atoms with van der Waals surface area (Å²) in [5.41, 5.74) is 0.567. The Morgan fingerprint density at radius 1 is 1.06 bits per heavy atom. The van der Waals surface area contributed by atoms with Crippen LogP contribution in [0, 0.1) is 20.8 Å². The van der Waals surface area contributed by atoms with E-state index in [2.05, 4.69) is 22.6 Å². The highest BCUT2D eigenvalue weighted by molar-refractivity contribution is 14.1. The van der Waals surface area contributed by atoms with E-state index in [4.69, 9.17) is 0 Å². The first-order valence-corrected chi connectivity index (χ1v) is 6.66. The Labute approximate surface area is 113 Å². The molecule has 2 fully saturated rings. The SMILES string of the molecule is CC1(C)C2C(=O)N(c3ccc(I)cc3)C(=O)C21. The van der Waals surface area contributed by atoms with Gasteiger partial charge < -0.3 is 0 Å². The molecule has 2 unspecified atom stereocenters. The standard InChI is InChI=1S/C13H12INO2/c1-13(2)9-10(13)12(17)15(11(9)16)8-5-3-7(14)4-6-8/h3-6,9-10H,1-2H3. The molecule has 88 valence electrons. The number of nitrogens with zero attached hydrogens (tertiary/aromatic N) is 1. The minimum absolute atomic E-state index is 0.0359. The van der Waals surface area contributed by atoms with Gasteiger partial charge in [-0.15, -0.1) is 0 Å². The van der Waals surface area contributed by atoms with Gasteiger partial charge in [0.15, 0.2) is 0 Å². The van der Waals surface area contributed by atoms with Crippen molar-refractivity contribution in [2.75, 3.05) is 4.90 Å². The number of fused-ring (bicyclic) bond motifs is 1. The molecule has 17 heavy (non-hydrogen) atoms. The summed E-state index contributed by atoms with van der Waals surface area (Å²) in [5, 5.41) is 0. The van der Waals surface area contributed by atoms with Gasteiger partial charge >= 0.3 is 0 Å². The number of halogens is 1. The van der Waals surface area contributed by atoms with E-state index in [9.17, 15) is 9.59 Å². The van der Waals surface area contributed by atoms with Gasteiger partial charge in [-0.25, -0.2) is 0 Å². The summed E-state index contributed by atoms with van der Waals surface area (Å²) in [6, 6.07) is 7.47. The monoisotopic (exact) mass is 341 g/mol. The predicted molar refractivity (Wildman–Crippen MR) is 72.4 cm³/mol. The molecular weight excluding hydrogens is 329 g/mol. The van der Waals surface area contributed by atoms with Gasteiger partial charge in [0.2, 0.25) is 11.8 Å². The first-order valence-electron chi connectivity index (χ1n) is 5.58. The van der Waals surface area contributed by atoms with Crippen LogP contribution in [0.25, 0.3) is 0 Å². The molecule has 3 rings (SSSR count). The van der Waals surface area contributed by atoms with E-state index in [1.807, 2.05) is 38.1 Å². The summed E-state index contributed by atoms with van der Waals surface area (Å²) < 4.78 is 1.09. The van der Waals surface area contributed by atoms with Gasteiger partial charge in [-0.3, -0.25) is 14.5 Å². The molecule has 1 aliphatic carbocycles. The number of imide groups is 1. The molecule has 1 aliphatic heterocycles. The molecule has 1 aromatic rings. The molecule has 3 nitrogen and oxygen atoms in total. The van der Waals surface area contributed by atoms with E-state index in [0.29, 0.717) is 5.69 Å². The fraction of sp³-hybridized carbons (Fsp3) is 0.385. The van der Waals surface area contributed by atoms with Crippen LogP contribution in [0.3, 0.4) is 0 Å². The van der Waals surface area contributed by atoms with Crippen LogP contribution in [0.5, 0.6) is 0 Å². The molecule has 1 saturated carbocycles. The zero-order valence-electron chi connectivity index (χ0n) is 9.61. The molecule has 2 amide bonds. The second kappa shape index (κ2) is 3.31. The number of anilines is 1. The fourth-order valence-corrected chi connectivity index (χ4v) is 3.15. The van der Waals surface area contributed by atoms with Crippen LogP contribution in [0.15, 0.2) is 24.3 Å². The number of carbonyl (C=O) groups excluding carboxylic acids is 2. The van der Waals surface area contributed by atoms with Crippen LogP contribution >= 0.6 is 22.6 Å². The molecule has 2 aliphatic rings. The van der Waals surface area contributed by atoms with Crippen LogP contribution in [-0.2, 0) is 9.59 Å². The Hall–Kier alpha value is -0.910. The van der Waals surface area contributed by atoms with E-state index in [0.717, 1.165) is 3.57 Å². The average molecular weight is 341 g/mol. The van der Waals surface area contributed by atoms with Crippen molar-refractivity contribution >= 4 is 40.1 Å². The molecule has 0 aromatic heterocycles. The summed E-state index contributed by atoms with van der Waals surface area (Å²) in [6.07, 6.45) is 0. The minimum Gasteiger partial charge on any atom is -0.274 e. The van der Waals surface area contributed by atoms with E-state index >= 15 is 0 Å². The number of carbonyl (C=O) groups is 2. The van der Waals surface area contributed by atoms with Crippen molar-refractivity contribution in [3.8, 4) is 0 Å². The number of rotatable bonds is 1. The maximum absolute atomic E-state index is 12.2. The Kier molecular flexibility index (Phi) is 2.18. The number of hydrogen-bond donors (Lipinski definition) is 0. The molecule has 1 heterocycles. The summed E-state index contributed by atoms with van der Waals surface area (Å²) in [7, 11) is 0. The Morgan fingerprint density at radius 3 is 2.00 bits per heavy atom. The molecule has 0 bridgehead atoms. The highest BCUT2D eigenvalue weighted by Gasteiger charge is 2.72. The van der Waals surface area contributed by atoms with Crippen LogP contribution in [0.2, 0.25) is 0 Å². The molecule has 0 radical (unpaired) electrons. The van der Waals surface area contributed by atoms with E-state index < -0.39 is 0 Å². The van der Waals surface area contributed by atoms with Gasteiger partial charge in [-0.05, 0) is 52.3 Å². The Morgan fingerprint density at radius 2 is 1.53 bits per heavy atom. The van der Waals surface area contributed by atoms with Gasteiger partial charge in [-0.2, -0.15) is 0 Å². The Bertz CT molecular complexity index is 497. The lowest BCUT2D eigenvalue weighted by Gasteiger charge is -2.20. The Balaban J connectivity index is 1.95. The van der Waals surface area contributed by atoms with E-state index in [1.54, 1.807) is 0 Å². The smallest absolute Gasteiger partial charge is 0.238 e. The van der Waals surface area contributed by atoms with E-state index in [1.165, 1.54) is 4.90 Å². The fourth-order valence-electron chi connectivity index (χ4n) is 2.79. The van der Waals surface area contributed by atoms with Gasteiger partial charge in [0.25, 0.3) is 0 Å². The van der Waals surface area contributed by atoms with Crippen molar-refractivity contribution in [2.45, 2.75) is 13.8 Å². The van der Waals surface area contributed by atoms with Crippen molar-refractivity contribution in [1.82, 2.24) is 0 Å². The van der Waals surface area contributed by atoms with Gasteiger partial charge in [0.1, 0.15) is 0 Å². The van der Waals surface area contributed by atoms with Crippen LogP contribution < -0.4 is 4.90 Å². The number of piperidine rings is 1. The van der Waals surface area contributed by atoms with Gasteiger partial charge in [0, 0.05) is 3.57 Å². The second-order valence-electron chi connectivity index (χ2n) is 5.27. The second-order valence-corrected chi connectivity index (χ2v) is 6.51. The topological polar surface area (TPSA) is 37.4 Å². The minimum atomic E-state index is -0.131. The van der Waals surface area contributed by atoms with Gasteiger partial charge in [-0.1, -0.05) is 13.8 Å².